The summed E-state index contributed by atoms with van der Waals surface area (Å²) in [5.41, 5.74) is 3.93. The number of imidazole rings is 1. The molecule has 0 N–H and O–H groups in total. The summed E-state index contributed by atoms with van der Waals surface area (Å²) in [5.74, 6) is 0.434. The first-order valence-electron chi connectivity index (χ1n) is 8.86. The minimum atomic E-state index is 0.434. The lowest BCUT2D eigenvalue weighted by Crippen LogP contribution is -2.31. The highest BCUT2D eigenvalue weighted by molar-refractivity contribution is 7.15. The summed E-state index contributed by atoms with van der Waals surface area (Å²) in [7, 11) is 0. The lowest BCUT2D eigenvalue weighted by atomic mass is 10.1. The second-order valence-electron chi connectivity index (χ2n) is 6.82. The molecule has 4 rings (SSSR count). The van der Waals surface area contributed by atoms with Gasteiger partial charge in [0.2, 0.25) is 5.13 Å². The number of aromatic nitrogens is 4. The molecule has 0 amide bonds. The van der Waals surface area contributed by atoms with Gasteiger partial charge in [0.1, 0.15) is 5.01 Å². The van der Waals surface area contributed by atoms with Gasteiger partial charge < -0.3 is 9.47 Å². The first kappa shape index (κ1) is 16.3. The molecule has 0 spiro atoms. The van der Waals surface area contributed by atoms with Gasteiger partial charge in [-0.25, -0.2) is 4.98 Å². The van der Waals surface area contributed by atoms with E-state index in [1.54, 1.807) is 11.3 Å². The van der Waals surface area contributed by atoms with Gasteiger partial charge in [0, 0.05) is 31.1 Å². The van der Waals surface area contributed by atoms with Gasteiger partial charge in [0.05, 0.1) is 18.6 Å². The molecule has 2 aromatic heterocycles. The van der Waals surface area contributed by atoms with E-state index >= 15 is 0 Å². The van der Waals surface area contributed by atoms with Crippen LogP contribution >= 0.6 is 11.3 Å². The van der Waals surface area contributed by atoms with E-state index in [1.807, 2.05) is 6.33 Å². The molecule has 6 heteroatoms. The molecule has 0 unspecified atom stereocenters. The van der Waals surface area contributed by atoms with Crippen LogP contribution < -0.4 is 4.90 Å². The summed E-state index contributed by atoms with van der Waals surface area (Å²) in [6, 6.07) is 10.6. The SMILES string of the molecule is CC(C)c1nnc(N2CCc3c(ncn3CCc3ccccc3)C2)s1. The predicted molar refractivity (Wildman–Crippen MR) is 101 cm³/mol. The van der Waals surface area contributed by atoms with Gasteiger partial charge in [-0.3, -0.25) is 0 Å². The molecule has 25 heavy (non-hydrogen) atoms. The second kappa shape index (κ2) is 6.96. The van der Waals surface area contributed by atoms with E-state index in [-0.39, 0.29) is 0 Å². The molecule has 5 nitrogen and oxygen atoms in total. The van der Waals surface area contributed by atoms with Gasteiger partial charge in [0.25, 0.3) is 0 Å². The van der Waals surface area contributed by atoms with Crippen molar-refractivity contribution >= 4 is 16.5 Å². The molecule has 0 fully saturated rings. The standard InChI is InChI=1S/C19H23N5S/c1-14(2)18-21-22-19(25-18)23-11-9-17-16(12-23)20-13-24(17)10-8-15-6-4-3-5-7-15/h3-7,13-14H,8-12H2,1-2H3. The largest absolute Gasteiger partial charge is 0.340 e. The molecule has 1 aliphatic rings. The van der Waals surface area contributed by atoms with Crippen molar-refractivity contribution < 1.29 is 0 Å². The molecule has 130 valence electrons. The van der Waals surface area contributed by atoms with E-state index in [4.69, 9.17) is 0 Å². The Balaban J connectivity index is 1.45. The summed E-state index contributed by atoms with van der Waals surface area (Å²) in [4.78, 5) is 6.97. The smallest absolute Gasteiger partial charge is 0.208 e. The number of rotatable bonds is 5. The van der Waals surface area contributed by atoms with Crippen LogP contribution in [0.5, 0.6) is 0 Å². The minimum Gasteiger partial charge on any atom is -0.340 e. The average Bonchev–Trinajstić information content (AvgIpc) is 3.28. The molecule has 0 atom stereocenters. The average molecular weight is 353 g/mol. The Morgan fingerprint density at radius 2 is 2.00 bits per heavy atom. The molecule has 1 aliphatic heterocycles. The Morgan fingerprint density at radius 3 is 2.76 bits per heavy atom. The summed E-state index contributed by atoms with van der Waals surface area (Å²) in [6.45, 7) is 7.12. The highest BCUT2D eigenvalue weighted by Crippen LogP contribution is 2.29. The van der Waals surface area contributed by atoms with Crippen molar-refractivity contribution in [2.75, 3.05) is 11.4 Å². The fourth-order valence-electron chi connectivity index (χ4n) is 3.21. The Bertz CT molecular complexity index is 837. The van der Waals surface area contributed by atoms with E-state index in [1.165, 1.54) is 17.0 Å². The summed E-state index contributed by atoms with van der Waals surface area (Å²) < 4.78 is 2.32. The second-order valence-corrected chi connectivity index (χ2v) is 7.80. The van der Waals surface area contributed by atoms with E-state index in [0.29, 0.717) is 5.92 Å². The normalized spacial score (nSPS) is 14.1. The summed E-state index contributed by atoms with van der Waals surface area (Å²) in [6.07, 6.45) is 4.05. The minimum absolute atomic E-state index is 0.434. The number of nitrogens with zero attached hydrogens (tertiary/aromatic N) is 5. The molecule has 3 heterocycles. The van der Waals surface area contributed by atoms with Crippen molar-refractivity contribution in [3.8, 4) is 0 Å². The Kier molecular flexibility index (Phi) is 4.53. The van der Waals surface area contributed by atoms with E-state index in [9.17, 15) is 0 Å². The Morgan fingerprint density at radius 1 is 1.16 bits per heavy atom. The molecular formula is C19H23N5S. The van der Waals surface area contributed by atoms with Gasteiger partial charge >= 0.3 is 0 Å². The Hall–Kier alpha value is -2.21. The molecule has 1 aromatic carbocycles. The van der Waals surface area contributed by atoms with Crippen molar-refractivity contribution in [3.05, 3.63) is 58.6 Å². The third-order valence-corrected chi connectivity index (χ3v) is 5.96. The summed E-state index contributed by atoms with van der Waals surface area (Å²) in [5, 5.41) is 10.8. The van der Waals surface area contributed by atoms with Gasteiger partial charge in [-0.2, -0.15) is 0 Å². The lowest BCUT2D eigenvalue weighted by molar-refractivity contribution is 0.623. The topological polar surface area (TPSA) is 46.8 Å². The van der Waals surface area contributed by atoms with Crippen molar-refractivity contribution in [1.82, 2.24) is 19.7 Å². The number of anilines is 1. The van der Waals surface area contributed by atoms with Gasteiger partial charge in [-0.1, -0.05) is 55.5 Å². The van der Waals surface area contributed by atoms with Crippen LogP contribution in [0.2, 0.25) is 0 Å². The molecular weight excluding hydrogens is 330 g/mol. The fourth-order valence-corrected chi connectivity index (χ4v) is 4.08. The number of hydrogen-bond donors (Lipinski definition) is 0. The first-order valence-corrected chi connectivity index (χ1v) is 9.67. The number of fused-ring (bicyclic) bond motifs is 1. The lowest BCUT2D eigenvalue weighted by Gasteiger charge is -2.26. The molecule has 0 radical (unpaired) electrons. The monoisotopic (exact) mass is 353 g/mol. The van der Waals surface area contributed by atoms with Crippen LogP contribution in [0.1, 0.15) is 41.7 Å². The van der Waals surface area contributed by atoms with Gasteiger partial charge in [0.15, 0.2) is 0 Å². The maximum Gasteiger partial charge on any atom is 0.208 e. The Labute approximate surface area is 152 Å². The van der Waals surface area contributed by atoms with Crippen LogP contribution in [0.15, 0.2) is 36.7 Å². The molecule has 0 aliphatic carbocycles. The van der Waals surface area contributed by atoms with Crippen molar-refractivity contribution in [2.24, 2.45) is 0 Å². The highest BCUT2D eigenvalue weighted by atomic mass is 32.1. The quantitative estimate of drug-likeness (QED) is 0.702. The zero-order valence-electron chi connectivity index (χ0n) is 14.7. The van der Waals surface area contributed by atoms with E-state index < -0.39 is 0 Å². The number of aryl methyl sites for hydroxylation is 2. The van der Waals surface area contributed by atoms with Crippen molar-refractivity contribution in [2.45, 2.75) is 45.7 Å². The molecule has 0 saturated carbocycles. The van der Waals surface area contributed by atoms with Crippen molar-refractivity contribution in [1.29, 1.82) is 0 Å². The zero-order chi connectivity index (χ0) is 17.2. The summed E-state index contributed by atoms with van der Waals surface area (Å²) >= 11 is 1.71. The van der Waals surface area contributed by atoms with Crippen molar-refractivity contribution in [3.63, 3.8) is 0 Å². The third kappa shape index (κ3) is 3.44. The van der Waals surface area contributed by atoms with Gasteiger partial charge in [-0.05, 0) is 12.0 Å². The highest BCUT2D eigenvalue weighted by Gasteiger charge is 2.23. The van der Waals surface area contributed by atoms with Crippen LogP contribution in [0.25, 0.3) is 0 Å². The fraction of sp³-hybridized carbons (Fsp3) is 0.421. The van der Waals surface area contributed by atoms with Crippen LogP contribution in [-0.2, 0) is 25.9 Å². The first-order chi connectivity index (χ1) is 12.2. The van der Waals surface area contributed by atoms with E-state index in [2.05, 4.69) is 68.8 Å². The van der Waals surface area contributed by atoms with E-state index in [0.717, 1.165) is 42.6 Å². The molecule has 3 aromatic rings. The maximum atomic E-state index is 4.66. The zero-order valence-corrected chi connectivity index (χ0v) is 15.5. The molecule has 0 saturated heterocycles. The predicted octanol–water partition coefficient (Wildman–Crippen LogP) is 3.66. The van der Waals surface area contributed by atoms with Crippen LogP contribution in [-0.4, -0.2) is 26.3 Å². The maximum absolute atomic E-state index is 4.66. The van der Waals surface area contributed by atoms with Gasteiger partial charge in [-0.15, -0.1) is 10.2 Å². The van der Waals surface area contributed by atoms with Crippen LogP contribution in [0.3, 0.4) is 0 Å². The molecule has 0 bridgehead atoms. The third-order valence-electron chi connectivity index (χ3n) is 4.67. The van der Waals surface area contributed by atoms with Crippen LogP contribution in [0.4, 0.5) is 5.13 Å². The number of hydrogen-bond acceptors (Lipinski definition) is 5. The number of benzene rings is 1. The van der Waals surface area contributed by atoms with Crippen LogP contribution in [0, 0.1) is 0 Å².